The second-order valence-corrected chi connectivity index (χ2v) is 11.9. The van der Waals surface area contributed by atoms with Crippen molar-refractivity contribution in [2.75, 3.05) is 38.4 Å². The zero-order valence-corrected chi connectivity index (χ0v) is 27.1. The van der Waals surface area contributed by atoms with Crippen LogP contribution >= 0.6 is 0 Å². The van der Waals surface area contributed by atoms with E-state index in [0.717, 1.165) is 12.8 Å². The first-order chi connectivity index (χ1) is 20.6. The Hall–Kier alpha value is -3.66. The Morgan fingerprint density at radius 2 is 1.34 bits per heavy atom. The second-order valence-electron chi connectivity index (χ2n) is 11.9. The molecule has 1 rings (SSSR count). The van der Waals surface area contributed by atoms with Crippen molar-refractivity contribution in [2.45, 2.75) is 97.4 Å². The standard InChI is InChI=1S/C32H49N3O9/c1-8-9-10-11-16-40-17-18-41-19-20-42-24-14-12-23(13-15-24)34-30(39)26(22-28(37)44-32(5,6)7)35-29(38)25(33)21-27(36)43-31(2,3)4/h12-15,25-26H,10-11,16-22,33H2,1-7H3,(H,34,39)(H,35,38)/t25-,26-/m0/s1. The Morgan fingerprint density at radius 3 is 1.91 bits per heavy atom. The normalized spacial score (nSPS) is 12.6. The molecule has 12 nitrogen and oxygen atoms in total. The molecule has 1 aromatic carbocycles. The average Bonchev–Trinajstić information content (AvgIpc) is 2.90. The van der Waals surface area contributed by atoms with Crippen LogP contribution in [0.5, 0.6) is 5.75 Å². The molecule has 0 spiro atoms. The van der Waals surface area contributed by atoms with Crippen molar-refractivity contribution in [1.82, 2.24) is 5.32 Å². The first kappa shape index (κ1) is 38.4. The van der Waals surface area contributed by atoms with E-state index >= 15 is 0 Å². The largest absolute Gasteiger partial charge is 0.491 e. The van der Waals surface area contributed by atoms with Gasteiger partial charge in [0, 0.05) is 18.7 Å². The minimum absolute atomic E-state index is 0.325. The summed E-state index contributed by atoms with van der Waals surface area (Å²) in [5, 5.41) is 5.13. The van der Waals surface area contributed by atoms with Crippen LogP contribution in [0.1, 0.15) is 74.1 Å². The van der Waals surface area contributed by atoms with Gasteiger partial charge in [-0.25, -0.2) is 0 Å². The quantitative estimate of drug-likeness (QED) is 0.126. The Kier molecular flexibility index (Phi) is 17.1. The number of carbonyl (C=O) groups excluding carboxylic acids is 4. The summed E-state index contributed by atoms with van der Waals surface area (Å²) in [5.41, 5.74) is 4.75. The highest BCUT2D eigenvalue weighted by molar-refractivity contribution is 6.00. The number of nitrogens with one attached hydrogen (secondary N) is 2. The van der Waals surface area contributed by atoms with Crippen molar-refractivity contribution >= 4 is 29.4 Å². The molecule has 0 saturated carbocycles. The number of nitrogens with two attached hydrogens (primary N) is 1. The molecule has 2 atom stereocenters. The van der Waals surface area contributed by atoms with Crippen molar-refractivity contribution in [3.05, 3.63) is 24.3 Å². The first-order valence-corrected chi connectivity index (χ1v) is 14.7. The summed E-state index contributed by atoms with van der Waals surface area (Å²) >= 11 is 0. The molecule has 4 N–H and O–H groups in total. The van der Waals surface area contributed by atoms with Crippen LogP contribution in [0.3, 0.4) is 0 Å². The number of benzene rings is 1. The minimum Gasteiger partial charge on any atom is -0.491 e. The zero-order chi connectivity index (χ0) is 33.2. The highest BCUT2D eigenvalue weighted by atomic mass is 16.6. The lowest BCUT2D eigenvalue weighted by molar-refractivity contribution is -0.158. The third-order valence-corrected chi connectivity index (χ3v) is 5.32. The SMILES string of the molecule is CC#CCCCOCCOCCOc1ccc(NC(=O)[C@H](CC(=O)OC(C)(C)C)NC(=O)[C@@H](N)CC(=O)OC(C)(C)C)cc1. The van der Waals surface area contributed by atoms with Crippen LogP contribution in [-0.2, 0) is 38.1 Å². The monoisotopic (exact) mass is 619 g/mol. The molecule has 0 unspecified atom stereocenters. The van der Waals surface area contributed by atoms with E-state index in [9.17, 15) is 19.2 Å². The van der Waals surface area contributed by atoms with Crippen molar-refractivity contribution in [1.29, 1.82) is 0 Å². The number of amides is 2. The predicted octanol–water partition coefficient (Wildman–Crippen LogP) is 3.12. The summed E-state index contributed by atoms with van der Waals surface area (Å²) in [6.45, 7) is 14.3. The Morgan fingerprint density at radius 1 is 0.795 bits per heavy atom. The molecule has 0 aliphatic rings. The maximum atomic E-state index is 13.1. The van der Waals surface area contributed by atoms with Gasteiger partial charge in [0.05, 0.1) is 38.7 Å². The van der Waals surface area contributed by atoms with Crippen LogP contribution in [-0.4, -0.2) is 80.1 Å². The van der Waals surface area contributed by atoms with E-state index in [1.54, 1.807) is 65.8 Å². The predicted molar refractivity (Wildman–Crippen MR) is 166 cm³/mol. The van der Waals surface area contributed by atoms with Gasteiger partial charge in [0.1, 0.15) is 29.6 Å². The van der Waals surface area contributed by atoms with Gasteiger partial charge in [-0.3, -0.25) is 19.2 Å². The zero-order valence-electron chi connectivity index (χ0n) is 27.1. The molecule has 44 heavy (non-hydrogen) atoms. The number of ether oxygens (including phenoxy) is 5. The van der Waals surface area contributed by atoms with Crippen LogP contribution in [0, 0.1) is 11.8 Å². The van der Waals surface area contributed by atoms with Gasteiger partial charge in [-0.15, -0.1) is 11.8 Å². The molecule has 0 bridgehead atoms. The summed E-state index contributed by atoms with van der Waals surface area (Å²) in [7, 11) is 0. The summed E-state index contributed by atoms with van der Waals surface area (Å²) in [4.78, 5) is 50.5. The Bertz CT molecular complexity index is 1110. The number of anilines is 1. The highest BCUT2D eigenvalue weighted by Crippen LogP contribution is 2.17. The Balaban J connectivity index is 2.65. The number of esters is 2. The van der Waals surface area contributed by atoms with Gasteiger partial charge in [-0.2, -0.15) is 0 Å². The lowest BCUT2D eigenvalue weighted by atomic mass is 10.1. The van der Waals surface area contributed by atoms with Crippen LogP contribution in [0.25, 0.3) is 0 Å². The smallest absolute Gasteiger partial charge is 0.308 e. The molecule has 12 heteroatoms. The van der Waals surface area contributed by atoms with E-state index in [4.69, 9.17) is 29.4 Å². The van der Waals surface area contributed by atoms with Gasteiger partial charge in [-0.1, -0.05) is 0 Å². The number of unbranched alkanes of at least 4 members (excludes halogenated alkanes) is 1. The molecule has 0 aliphatic heterocycles. The van der Waals surface area contributed by atoms with Gasteiger partial charge in [-0.05, 0) is 79.2 Å². The molecular formula is C32H49N3O9. The van der Waals surface area contributed by atoms with E-state index in [1.165, 1.54) is 0 Å². The fourth-order valence-electron chi connectivity index (χ4n) is 3.49. The van der Waals surface area contributed by atoms with E-state index in [-0.39, 0.29) is 0 Å². The first-order valence-electron chi connectivity index (χ1n) is 14.7. The van der Waals surface area contributed by atoms with Crippen LogP contribution in [0.4, 0.5) is 5.69 Å². The fraction of sp³-hybridized carbons (Fsp3) is 0.625. The maximum absolute atomic E-state index is 13.1. The maximum Gasteiger partial charge on any atom is 0.308 e. The second kappa shape index (κ2) is 19.6. The van der Waals surface area contributed by atoms with Crippen molar-refractivity contribution in [3.8, 4) is 17.6 Å². The molecule has 0 aliphatic carbocycles. The number of rotatable bonds is 18. The molecule has 0 aromatic heterocycles. The average molecular weight is 620 g/mol. The summed E-state index contributed by atoms with van der Waals surface area (Å²) in [6, 6.07) is 3.95. The van der Waals surface area contributed by atoms with Crippen LogP contribution in [0.2, 0.25) is 0 Å². The third-order valence-electron chi connectivity index (χ3n) is 5.32. The van der Waals surface area contributed by atoms with Gasteiger partial charge < -0.3 is 40.1 Å². The minimum atomic E-state index is -1.32. The van der Waals surface area contributed by atoms with Gasteiger partial charge in [0.2, 0.25) is 11.8 Å². The molecule has 0 saturated heterocycles. The van der Waals surface area contributed by atoms with Crippen molar-refractivity contribution in [2.24, 2.45) is 5.73 Å². The van der Waals surface area contributed by atoms with Crippen LogP contribution < -0.4 is 21.1 Å². The third kappa shape index (κ3) is 18.8. The molecule has 1 aromatic rings. The fourth-order valence-corrected chi connectivity index (χ4v) is 3.49. The number of hydrogen-bond acceptors (Lipinski definition) is 10. The van der Waals surface area contributed by atoms with Crippen molar-refractivity contribution in [3.63, 3.8) is 0 Å². The molecule has 2 amide bonds. The summed E-state index contributed by atoms with van der Waals surface area (Å²) in [6.07, 6.45) is 0.861. The molecule has 0 radical (unpaired) electrons. The molecule has 0 heterocycles. The number of hydrogen-bond donors (Lipinski definition) is 3. The molecule has 0 fully saturated rings. The highest BCUT2D eigenvalue weighted by Gasteiger charge is 2.30. The summed E-state index contributed by atoms with van der Waals surface area (Å²) < 4.78 is 27.2. The van der Waals surface area contributed by atoms with E-state index in [0.29, 0.717) is 44.5 Å². The van der Waals surface area contributed by atoms with Crippen molar-refractivity contribution < 1.29 is 42.9 Å². The topological polar surface area (TPSA) is 165 Å². The lowest BCUT2D eigenvalue weighted by Gasteiger charge is -2.24. The van der Waals surface area contributed by atoms with E-state index < -0.39 is 59.9 Å². The van der Waals surface area contributed by atoms with Gasteiger partial charge in [0.15, 0.2) is 0 Å². The molecular weight excluding hydrogens is 570 g/mol. The van der Waals surface area contributed by atoms with Gasteiger partial charge >= 0.3 is 11.9 Å². The summed E-state index contributed by atoms with van der Waals surface area (Å²) in [5.74, 6) is 3.57. The lowest BCUT2D eigenvalue weighted by Crippen LogP contribution is -2.51. The van der Waals surface area contributed by atoms with E-state index in [2.05, 4.69) is 22.5 Å². The molecule has 246 valence electrons. The van der Waals surface area contributed by atoms with Gasteiger partial charge in [0.25, 0.3) is 0 Å². The van der Waals surface area contributed by atoms with E-state index in [1.807, 2.05) is 6.92 Å². The van der Waals surface area contributed by atoms with Crippen LogP contribution in [0.15, 0.2) is 24.3 Å². The number of carbonyl (C=O) groups is 4. The Labute approximate surface area is 261 Å².